The molecule has 23 heavy (non-hydrogen) atoms. The number of amides is 1. The Morgan fingerprint density at radius 2 is 2.13 bits per heavy atom. The van der Waals surface area contributed by atoms with Crippen molar-refractivity contribution in [1.82, 2.24) is 14.7 Å². The monoisotopic (exact) mass is 347 g/mol. The number of fused-ring (bicyclic) bond motifs is 1. The van der Waals surface area contributed by atoms with E-state index in [1.807, 2.05) is 43.7 Å². The molecule has 0 spiro atoms. The summed E-state index contributed by atoms with van der Waals surface area (Å²) in [6.07, 6.45) is 1.37. The first-order valence-electron chi connectivity index (χ1n) is 7.18. The second-order valence-corrected chi connectivity index (χ2v) is 8.10. The quantitative estimate of drug-likeness (QED) is 0.792. The van der Waals surface area contributed by atoms with Crippen molar-refractivity contribution in [2.75, 3.05) is 0 Å². The first kappa shape index (κ1) is 15.9. The van der Waals surface area contributed by atoms with Crippen LogP contribution < -0.4 is 10.9 Å². The standard InChI is InChI=1S/C16H17N3O2S2/c1-16(2,3)12-9-23-15-18-8-11(14(21)19(12)15)13(20)17-7-10-5-4-6-22-10/h4-6,8-9H,7H2,1-3H3,(H,17,20). The van der Waals surface area contributed by atoms with Gasteiger partial charge in [-0.1, -0.05) is 26.8 Å². The van der Waals surface area contributed by atoms with Gasteiger partial charge in [-0.15, -0.1) is 22.7 Å². The van der Waals surface area contributed by atoms with Gasteiger partial charge in [-0.05, 0) is 11.4 Å². The number of hydrogen-bond acceptors (Lipinski definition) is 5. The smallest absolute Gasteiger partial charge is 0.271 e. The number of nitrogens with one attached hydrogen (secondary N) is 1. The molecule has 1 N–H and O–H groups in total. The summed E-state index contributed by atoms with van der Waals surface area (Å²) in [5, 5.41) is 6.66. The first-order chi connectivity index (χ1) is 10.9. The Balaban J connectivity index is 1.96. The molecule has 0 aliphatic carbocycles. The van der Waals surface area contributed by atoms with Gasteiger partial charge in [-0.3, -0.25) is 14.0 Å². The molecule has 0 fully saturated rings. The van der Waals surface area contributed by atoms with Crippen molar-refractivity contribution in [1.29, 1.82) is 0 Å². The lowest BCUT2D eigenvalue weighted by molar-refractivity contribution is 0.0949. The highest BCUT2D eigenvalue weighted by molar-refractivity contribution is 7.15. The van der Waals surface area contributed by atoms with Crippen molar-refractivity contribution < 1.29 is 4.79 Å². The maximum absolute atomic E-state index is 12.7. The van der Waals surface area contributed by atoms with Crippen LogP contribution in [0.2, 0.25) is 0 Å². The number of rotatable bonds is 3. The summed E-state index contributed by atoms with van der Waals surface area (Å²) in [6, 6.07) is 3.87. The van der Waals surface area contributed by atoms with Gasteiger partial charge in [-0.2, -0.15) is 0 Å². The van der Waals surface area contributed by atoms with E-state index in [9.17, 15) is 9.59 Å². The van der Waals surface area contributed by atoms with E-state index < -0.39 is 5.91 Å². The van der Waals surface area contributed by atoms with E-state index in [0.29, 0.717) is 11.5 Å². The normalized spacial score (nSPS) is 11.8. The number of aromatic nitrogens is 2. The van der Waals surface area contributed by atoms with E-state index >= 15 is 0 Å². The van der Waals surface area contributed by atoms with E-state index in [1.54, 1.807) is 15.7 Å². The van der Waals surface area contributed by atoms with Crippen LogP contribution in [0.4, 0.5) is 0 Å². The van der Waals surface area contributed by atoms with Crippen molar-refractivity contribution >= 4 is 33.5 Å². The zero-order valence-corrected chi connectivity index (χ0v) is 14.8. The second-order valence-electron chi connectivity index (χ2n) is 6.23. The summed E-state index contributed by atoms with van der Waals surface area (Å²) in [7, 11) is 0. The molecule has 5 nitrogen and oxygen atoms in total. The topological polar surface area (TPSA) is 63.5 Å². The summed E-state index contributed by atoms with van der Waals surface area (Å²) in [5.74, 6) is -0.392. The minimum Gasteiger partial charge on any atom is -0.347 e. The maximum atomic E-state index is 12.7. The molecular weight excluding hydrogens is 330 g/mol. The highest BCUT2D eigenvalue weighted by Gasteiger charge is 2.22. The molecule has 0 unspecified atom stereocenters. The van der Waals surface area contributed by atoms with Gasteiger partial charge in [0.1, 0.15) is 5.56 Å². The molecular formula is C16H17N3O2S2. The molecule has 0 aromatic carbocycles. The zero-order chi connectivity index (χ0) is 16.6. The number of hydrogen-bond donors (Lipinski definition) is 1. The summed E-state index contributed by atoms with van der Waals surface area (Å²) in [6.45, 7) is 6.51. The van der Waals surface area contributed by atoms with Crippen LogP contribution >= 0.6 is 22.7 Å². The first-order valence-corrected chi connectivity index (χ1v) is 8.94. The largest absolute Gasteiger partial charge is 0.347 e. The van der Waals surface area contributed by atoms with Crippen LogP contribution in [0.25, 0.3) is 4.96 Å². The van der Waals surface area contributed by atoms with Crippen LogP contribution in [0.3, 0.4) is 0 Å². The third-order valence-corrected chi connectivity index (χ3v) is 5.18. The van der Waals surface area contributed by atoms with Gasteiger partial charge in [-0.25, -0.2) is 4.98 Å². The summed E-state index contributed by atoms with van der Waals surface area (Å²) >= 11 is 2.97. The van der Waals surface area contributed by atoms with Crippen LogP contribution in [0.1, 0.15) is 41.7 Å². The molecule has 3 heterocycles. The highest BCUT2D eigenvalue weighted by Crippen LogP contribution is 2.25. The van der Waals surface area contributed by atoms with Gasteiger partial charge in [0.05, 0.1) is 6.54 Å². The Labute approximate surface area is 141 Å². The van der Waals surface area contributed by atoms with Crippen LogP contribution in [0, 0.1) is 0 Å². The fourth-order valence-corrected chi connectivity index (χ4v) is 3.96. The van der Waals surface area contributed by atoms with Crippen LogP contribution in [0.5, 0.6) is 0 Å². The molecule has 0 aliphatic heterocycles. The fourth-order valence-electron chi connectivity index (χ4n) is 2.24. The van der Waals surface area contributed by atoms with E-state index in [-0.39, 0.29) is 16.5 Å². The molecule has 7 heteroatoms. The van der Waals surface area contributed by atoms with Crippen molar-refractivity contribution in [3.8, 4) is 0 Å². The average Bonchev–Trinajstić information content (AvgIpc) is 3.14. The average molecular weight is 347 g/mol. The molecule has 3 aromatic rings. The molecule has 3 rings (SSSR count). The van der Waals surface area contributed by atoms with Crippen molar-refractivity contribution in [2.45, 2.75) is 32.7 Å². The zero-order valence-electron chi connectivity index (χ0n) is 13.1. The van der Waals surface area contributed by atoms with Crippen LogP contribution in [-0.2, 0) is 12.0 Å². The number of thiazole rings is 1. The molecule has 0 bridgehead atoms. The fraction of sp³-hybridized carbons (Fsp3) is 0.312. The molecule has 0 saturated heterocycles. The summed E-state index contributed by atoms with van der Waals surface area (Å²) in [5.41, 5.74) is 0.422. The number of nitrogens with zero attached hydrogens (tertiary/aromatic N) is 2. The lowest BCUT2D eigenvalue weighted by Gasteiger charge is -2.17. The molecule has 0 saturated carbocycles. The third kappa shape index (κ3) is 3.07. The molecule has 120 valence electrons. The maximum Gasteiger partial charge on any atom is 0.271 e. The minimum atomic E-state index is -0.392. The minimum absolute atomic E-state index is 0.0722. The van der Waals surface area contributed by atoms with E-state index in [2.05, 4.69) is 10.3 Å². The van der Waals surface area contributed by atoms with E-state index in [0.717, 1.165) is 10.6 Å². The van der Waals surface area contributed by atoms with E-state index in [4.69, 9.17) is 0 Å². The molecule has 0 radical (unpaired) electrons. The summed E-state index contributed by atoms with van der Waals surface area (Å²) in [4.78, 5) is 31.0. The van der Waals surface area contributed by atoms with E-state index in [1.165, 1.54) is 17.5 Å². The van der Waals surface area contributed by atoms with Crippen LogP contribution in [0.15, 0.2) is 33.9 Å². The van der Waals surface area contributed by atoms with Gasteiger partial charge >= 0.3 is 0 Å². The molecule has 3 aromatic heterocycles. The van der Waals surface area contributed by atoms with Crippen molar-refractivity contribution in [3.05, 3.63) is 55.6 Å². The SMILES string of the molecule is CC(C)(C)c1csc2ncc(C(=O)NCc3cccs3)c(=O)n12. The number of carbonyl (C=O) groups excluding carboxylic acids is 1. The predicted octanol–water partition coefficient (Wildman–Crippen LogP) is 3.05. The predicted molar refractivity (Wildman–Crippen MR) is 93.5 cm³/mol. The van der Waals surface area contributed by atoms with Crippen LogP contribution in [-0.4, -0.2) is 15.3 Å². The van der Waals surface area contributed by atoms with Gasteiger partial charge in [0.25, 0.3) is 11.5 Å². The molecule has 0 atom stereocenters. The number of carbonyl (C=O) groups is 1. The van der Waals surface area contributed by atoms with Gasteiger partial charge in [0, 0.05) is 27.6 Å². The van der Waals surface area contributed by atoms with Crippen molar-refractivity contribution in [2.24, 2.45) is 0 Å². The lowest BCUT2D eigenvalue weighted by Crippen LogP contribution is -2.32. The lowest BCUT2D eigenvalue weighted by atomic mass is 9.93. The van der Waals surface area contributed by atoms with Gasteiger partial charge in [0.15, 0.2) is 4.96 Å². The second kappa shape index (κ2) is 5.90. The Kier molecular flexibility index (Phi) is 4.08. The highest BCUT2D eigenvalue weighted by atomic mass is 32.1. The van der Waals surface area contributed by atoms with Crippen molar-refractivity contribution in [3.63, 3.8) is 0 Å². The third-order valence-electron chi connectivity index (χ3n) is 3.46. The van der Waals surface area contributed by atoms with Gasteiger partial charge in [0.2, 0.25) is 0 Å². The Morgan fingerprint density at radius 1 is 1.35 bits per heavy atom. The Hall–Kier alpha value is -1.99. The van der Waals surface area contributed by atoms with Gasteiger partial charge < -0.3 is 5.32 Å². The Morgan fingerprint density at radius 3 is 2.78 bits per heavy atom. The molecule has 1 amide bonds. The molecule has 0 aliphatic rings. The Bertz CT molecular complexity index is 902. The summed E-state index contributed by atoms with van der Waals surface area (Å²) < 4.78 is 1.55. The number of thiophene rings is 1.